The molecule has 3 fully saturated rings. The Morgan fingerprint density at radius 3 is 2.30 bits per heavy atom. The van der Waals surface area contributed by atoms with Crippen LogP contribution < -0.4 is 4.90 Å². The highest BCUT2D eigenvalue weighted by atomic mass is 16.2. The van der Waals surface area contributed by atoms with Crippen molar-refractivity contribution in [2.45, 2.75) is 45.1 Å². The molecule has 2 aromatic heterocycles. The molecular weight excluding hydrogens is 338 g/mol. The molecule has 27 heavy (non-hydrogen) atoms. The first-order chi connectivity index (χ1) is 13.3. The van der Waals surface area contributed by atoms with Crippen LogP contribution in [0.25, 0.3) is 11.1 Å². The maximum atomic E-state index is 13.0. The third-order valence-corrected chi connectivity index (χ3v) is 6.02. The minimum Gasteiger partial charge on any atom is -0.343 e. The molecule has 0 atom stereocenters. The van der Waals surface area contributed by atoms with Crippen LogP contribution in [0.2, 0.25) is 0 Å². The Morgan fingerprint density at radius 2 is 1.63 bits per heavy atom. The monoisotopic (exact) mass is 365 g/mol. The normalized spacial score (nSPS) is 19.9. The topological polar surface area (TPSA) is 54.3 Å². The molecule has 0 spiro atoms. The standard InChI is InChI=1S/C21H27N5O/c27-20(24-7-1-2-8-24)19-11-17(15-26(19)14-16-5-6-16)18-12-22-21(23-13-18)25-9-3-4-10-25/h11-13,15-16H,1-10,14H2. The Kier molecular flexibility index (Phi) is 4.34. The van der Waals surface area contributed by atoms with Gasteiger partial charge in [-0.3, -0.25) is 4.79 Å². The maximum Gasteiger partial charge on any atom is 0.270 e. The second-order valence-corrected chi connectivity index (χ2v) is 8.17. The van der Waals surface area contributed by atoms with E-state index in [9.17, 15) is 4.79 Å². The number of aromatic nitrogens is 3. The molecule has 1 saturated carbocycles. The summed E-state index contributed by atoms with van der Waals surface area (Å²) in [7, 11) is 0. The van der Waals surface area contributed by atoms with Crippen molar-refractivity contribution >= 4 is 11.9 Å². The van der Waals surface area contributed by atoms with Gasteiger partial charge in [0, 0.05) is 62.4 Å². The molecule has 2 saturated heterocycles. The van der Waals surface area contributed by atoms with Crippen molar-refractivity contribution < 1.29 is 4.79 Å². The Balaban J connectivity index is 1.42. The lowest BCUT2D eigenvalue weighted by Gasteiger charge is -2.16. The number of hydrogen-bond donors (Lipinski definition) is 0. The minimum absolute atomic E-state index is 0.175. The van der Waals surface area contributed by atoms with Crippen LogP contribution in [-0.4, -0.2) is 51.5 Å². The van der Waals surface area contributed by atoms with E-state index in [1.807, 2.05) is 23.4 Å². The number of carbonyl (C=O) groups is 1. The predicted octanol–water partition coefficient (Wildman–Crippen LogP) is 3.19. The Labute approximate surface area is 160 Å². The molecule has 0 radical (unpaired) electrons. The molecule has 3 aliphatic rings. The van der Waals surface area contributed by atoms with Crippen molar-refractivity contribution in [3.63, 3.8) is 0 Å². The molecule has 0 bridgehead atoms. The highest BCUT2D eigenvalue weighted by Crippen LogP contribution is 2.33. The molecule has 2 aromatic rings. The van der Waals surface area contributed by atoms with Crippen molar-refractivity contribution in [2.24, 2.45) is 5.92 Å². The number of hydrogen-bond acceptors (Lipinski definition) is 4. The van der Waals surface area contributed by atoms with Gasteiger partial charge in [-0.25, -0.2) is 9.97 Å². The molecule has 1 amide bonds. The molecule has 6 heteroatoms. The van der Waals surface area contributed by atoms with E-state index in [1.165, 1.54) is 25.7 Å². The predicted molar refractivity (Wildman–Crippen MR) is 105 cm³/mol. The number of anilines is 1. The van der Waals surface area contributed by atoms with Gasteiger partial charge in [-0.2, -0.15) is 0 Å². The van der Waals surface area contributed by atoms with Crippen LogP contribution in [0.4, 0.5) is 5.95 Å². The van der Waals surface area contributed by atoms with Gasteiger partial charge in [-0.15, -0.1) is 0 Å². The molecule has 0 aromatic carbocycles. The Bertz CT molecular complexity index is 812. The smallest absolute Gasteiger partial charge is 0.270 e. The summed E-state index contributed by atoms with van der Waals surface area (Å²) < 4.78 is 2.17. The summed E-state index contributed by atoms with van der Waals surface area (Å²) in [5.41, 5.74) is 2.86. The van der Waals surface area contributed by atoms with Crippen molar-refractivity contribution in [3.05, 3.63) is 30.4 Å². The van der Waals surface area contributed by atoms with Gasteiger partial charge < -0.3 is 14.4 Å². The van der Waals surface area contributed by atoms with Gasteiger partial charge in [0.05, 0.1) is 0 Å². The highest BCUT2D eigenvalue weighted by Gasteiger charge is 2.27. The largest absolute Gasteiger partial charge is 0.343 e. The zero-order valence-electron chi connectivity index (χ0n) is 15.8. The van der Waals surface area contributed by atoms with E-state index in [0.29, 0.717) is 0 Å². The third kappa shape index (κ3) is 3.45. The summed E-state index contributed by atoms with van der Waals surface area (Å²) in [6.07, 6.45) is 13.2. The fourth-order valence-corrected chi connectivity index (χ4v) is 4.21. The van der Waals surface area contributed by atoms with Crippen molar-refractivity contribution in [2.75, 3.05) is 31.1 Å². The van der Waals surface area contributed by atoms with Crippen molar-refractivity contribution in [3.8, 4) is 11.1 Å². The van der Waals surface area contributed by atoms with Crippen molar-refractivity contribution in [1.29, 1.82) is 0 Å². The second-order valence-electron chi connectivity index (χ2n) is 8.17. The molecule has 0 unspecified atom stereocenters. The van der Waals surface area contributed by atoms with Crippen LogP contribution in [0.1, 0.15) is 49.0 Å². The average molecular weight is 365 g/mol. The lowest BCUT2D eigenvalue weighted by atomic mass is 10.2. The van der Waals surface area contributed by atoms with Gasteiger partial charge >= 0.3 is 0 Å². The second kappa shape index (κ2) is 6.98. The SMILES string of the molecule is O=C(c1cc(-c2cnc(N3CCCC3)nc2)cn1CC1CC1)N1CCCC1. The van der Waals surface area contributed by atoms with Crippen LogP contribution in [0.5, 0.6) is 0 Å². The fraction of sp³-hybridized carbons (Fsp3) is 0.571. The van der Waals surface area contributed by atoms with E-state index < -0.39 is 0 Å². The Hall–Kier alpha value is -2.37. The molecule has 1 aliphatic carbocycles. The quantitative estimate of drug-likeness (QED) is 0.817. The van der Waals surface area contributed by atoms with Gasteiger partial charge in [0.1, 0.15) is 5.69 Å². The zero-order valence-corrected chi connectivity index (χ0v) is 15.8. The zero-order chi connectivity index (χ0) is 18.2. The Morgan fingerprint density at radius 1 is 0.963 bits per heavy atom. The highest BCUT2D eigenvalue weighted by molar-refractivity contribution is 5.94. The van der Waals surface area contributed by atoms with Gasteiger partial charge in [-0.1, -0.05) is 0 Å². The summed E-state index contributed by atoms with van der Waals surface area (Å²) in [5, 5.41) is 0. The number of amides is 1. The molecule has 142 valence electrons. The summed E-state index contributed by atoms with van der Waals surface area (Å²) >= 11 is 0. The summed E-state index contributed by atoms with van der Waals surface area (Å²) in [5.74, 6) is 1.72. The molecular formula is C21H27N5O. The van der Waals surface area contributed by atoms with E-state index in [2.05, 4.69) is 25.6 Å². The molecule has 4 heterocycles. The van der Waals surface area contributed by atoms with E-state index in [4.69, 9.17) is 0 Å². The van der Waals surface area contributed by atoms with Gasteiger partial charge in [0.2, 0.25) is 5.95 Å². The minimum atomic E-state index is 0.175. The number of likely N-dealkylation sites (tertiary alicyclic amines) is 1. The first-order valence-corrected chi connectivity index (χ1v) is 10.3. The third-order valence-electron chi connectivity index (χ3n) is 6.02. The van der Waals surface area contributed by atoms with Crippen LogP contribution in [0.15, 0.2) is 24.7 Å². The maximum absolute atomic E-state index is 13.0. The van der Waals surface area contributed by atoms with Gasteiger partial charge in [0.15, 0.2) is 0 Å². The average Bonchev–Trinajstić information content (AvgIpc) is 3.17. The van der Waals surface area contributed by atoms with Gasteiger partial charge in [0.25, 0.3) is 5.91 Å². The van der Waals surface area contributed by atoms with Crippen LogP contribution >= 0.6 is 0 Å². The van der Waals surface area contributed by atoms with Crippen LogP contribution in [-0.2, 0) is 6.54 Å². The summed E-state index contributed by atoms with van der Waals surface area (Å²) in [6.45, 7) is 4.81. The lowest BCUT2D eigenvalue weighted by Crippen LogP contribution is -2.29. The van der Waals surface area contributed by atoms with Gasteiger partial charge in [-0.05, 0) is 50.5 Å². The number of rotatable bonds is 5. The molecule has 6 nitrogen and oxygen atoms in total. The first-order valence-electron chi connectivity index (χ1n) is 10.3. The molecule has 0 N–H and O–H groups in total. The number of nitrogens with zero attached hydrogens (tertiary/aromatic N) is 5. The molecule has 5 rings (SSSR count). The van der Waals surface area contributed by atoms with E-state index >= 15 is 0 Å². The lowest BCUT2D eigenvalue weighted by molar-refractivity contribution is 0.0781. The van der Waals surface area contributed by atoms with E-state index in [0.717, 1.165) is 74.3 Å². The van der Waals surface area contributed by atoms with Crippen LogP contribution in [0, 0.1) is 5.92 Å². The summed E-state index contributed by atoms with van der Waals surface area (Å²) in [6, 6.07) is 2.04. The van der Waals surface area contributed by atoms with Crippen molar-refractivity contribution in [1.82, 2.24) is 19.4 Å². The van der Waals surface area contributed by atoms with E-state index in [-0.39, 0.29) is 5.91 Å². The number of carbonyl (C=O) groups excluding carboxylic acids is 1. The summed E-state index contributed by atoms with van der Waals surface area (Å²) in [4.78, 5) is 26.4. The van der Waals surface area contributed by atoms with Crippen LogP contribution in [0.3, 0.4) is 0 Å². The van der Waals surface area contributed by atoms with E-state index in [1.54, 1.807) is 0 Å². The fourth-order valence-electron chi connectivity index (χ4n) is 4.21. The first kappa shape index (κ1) is 16.8. The molecule has 2 aliphatic heterocycles.